The molecule has 3 amide bonds. The van der Waals surface area contributed by atoms with Crippen LogP contribution in [0.5, 0.6) is 0 Å². The van der Waals surface area contributed by atoms with E-state index in [4.69, 9.17) is 39.5 Å². The third-order valence-electron chi connectivity index (χ3n) is 5.32. The summed E-state index contributed by atoms with van der Waals surface area (Å²) in [6.07, 6.45) is -3.53. The highest BCUT2D eigenvalue weighted by molar-refractivity contribution is 6.68. The molecule has 3 rings (SSSR count). The largest absolute Gasteiger partial charge is 0.442 e. The molecule has 2 fully saturated rings. The second-order valence-electron chi connectivity index (χ2n) is 7.83. The van der Waals surface area contributed by atoms with Crippen LogP contribution in [0.25, 0.3) is 0 Å². The van der Waals surface area contributed by atoms with Crippen LogP contribution in [-0.4, -0.2) is 77.9 Å². The first-order valence-electron chi connectivity index (χ1n) is 10.3. The number of nitrogens with zero attached hydrogens (tertiary/aromatic N) is 3. The van der Waals surface area contributed by atoms with Crippen LogP contribution in [0.1, 0.15) is 13.8 Å². The van der Waals surface area contributed by atoms with Crippen molar-refractivity contribution in [2.45, 2.75) is 36.2 Å². The van der Waals surface area contributed by atoms with Gasteiger partial charge < -0.3 is 20.3 Å². The Kier molecular flexibility index (Phi) is 8.15. The average molecular weight is 525 g/mol. The Hall–Kier alpha value is -2.01. The van der Waals surface area contributed by atoms with Crippen LogP contribution < -0.4 is 20.4 Å². The Morgan fingerprint density at radius 2 is 1.76 bits per heavy atom. The van der Waals surface area contributed by atoms with E-state index in [0.29, 0.717) is 18.8 Å². The lowest BCUT2D eigenvalue weighted by Gasteiger charge is -2.44. The maximum atomic E-state index is 15.0. The lowest BCUT2D eigenvalue weighted by molar-refractivity contribution is -0.122. The van der Waals surface area contributed by atoms with Crippen molar-refractivity contribution in [3.05, 3.63) is 24.3 Å². The van der Waals surface area contributed by atoms with Crippen molar-refractivity contribution >= 4 is 64.1 Å². The second-order valence-corrected chi connectivity index (χ2v) is 10.2. The van der Waals surface area contributed by atoms with Crippen LogP contribution in [0.3, 0.4) is 0 Å². The number of nitrogens with one attached hydrogen (secondary N) is 2. The van der Waals surface area contributed by atoms with E-state index in [9.17, 15) is 14.4 Å². The first-order valence-corrected chi connectivity index (χ1v) is 11.4. The maximum absolute atomic E-state index is 15.0. The number of hydrogen-bond donors (Lipinski definition) is 2. The van der Waals surface area contributed by atoms with Crippen molar-refractivity contribution in [2.75, 3.05) is 42.5 Å². The smallest absolute Gasteiger partial charge is 0.414 e. The number of carbonyl (C=O) groups excluding carboxylic acids is 3. The number of benzene rings is 1. The molecule has 1 aromatic carbocycles. The number of anilines is 2. The van der Waals surface area contributed by atoms with Gasteiger partial charge >= 0.3 is 6.09 Å². The van der Waals surface area contributed by atoms with Crippen molar-refractivity contribution in [2.24, 2.45) is 0 Å². The van der Waals surface area contributed by atoms with Gasteiger partial charge in [0.05, 0.1) is 19.6 Å². The molecule has 0 radical (unpaired) electrons. The third kappa shape index (κ3) is 6.53. The van der Waals surface area contributed by atoms with E-state index < -0.39 is 34.4 Å². The fourth-order valence-electron chi connectivity index (χ4n) is 3.76. The Labute approximate surface area is 206 Å². The van der Waals surface area contributed by atoms with E-state index in [-0.39, 0.29) is 25.5 Å². The SMILES string of the molecule is CC(=O)NCC1CN(c2ccc(N3CCN(C(NC(C)=O)C(Cl)(Cl)Cl)[C@@H](F)C3)cc2)C(=O)O1. The summed E-state index contributed by atoms with van der Waals surface area (Å²) < 4.78 is 18.4. The van der Waals surface area contributed by atoms with E-state index in [1.54, 1.807) is 24.3 Å². The van der Waals surface area contributed by atoms with Gasteiger partial charge in [-0.25, -0.2) is 14.1 Å². The summed E-state index contributed by atoms with van der Waals surface area (Å²) >= 11 is 17.9. The van der Waals surface area contributed by atoms with Gasteiger partial charge in [0.2, 0.25) is 15.6 Å². The van der Waals surface area contributed by atoms with Gasteiger partial charge in [-0.1, -0.05) is 34.8 Å². The molecular formula is C20H25Cl3FN5O4. The average Bonchev–Trinajstić information content (AvgIpc) is 3.10. The van der Waals surface area contributed by atoms with E-state index in [2.05, 4.69) is 10.6 Å². The summed E-state index contributed by atoms with van der Waals surface area (Å²) in [5.41, 5.74) is 1.39. The van der Waals surface area contributed by atoms with E-state index in [0.717, 1.165) is 5.69 Å². The molecule has 2 aliphatic rings. The van der Waals surface area contributed by atoms with Gasteiger partial charge in [0.15, 0.2) is 6.30 Å². The van der Waals surface area contributed by atoms with Gasteiger partial charge in [0, 0.05) is 38.3 Å². The van der Waals surface area contributed by atoms with Gasteiger partial charge in [-0.2, -0.15) is 0 Å². The molecule has 2 saturated heterocycles. The highest BCUT2D eigenvalue weighted by atomic mass is 35.6. The first kappa shape index (κ1) is 25.6. The zero-order valence-corrected chi connectivity index (χ0v) is 20.3. The number of piperazine rings is 1. The quantitative estimate of drug-likeness (QED) is 0.438. The van der Waals surface area contributed by atoms with Crippen LogP contribution in [-0.2, 0) is 14.3 Å². The third-order valence-corrected chi connectivity index (χ3v) is 5.94. The van der Waals surface area contributed by atoms with Crippen molar-refractivity contribution in [3.8, 4) is 0 Å². The minimum Gasteiger partial charge on any atom is -0.442 e. The van der Waals surface area contributed by atoms with Crippen LogP contribution >= 0.6 is 34.8 Å². The van der Waals surface area contributed by atoms with E-state index in [1.165, 1.54) is 23.6 Å². The van der Waals surface area contributed by atoms with Crippen LogP contribution in [0.2, 0.25) is 0 Å². The molecule has 0 spiro atoms. The topological polar surface area (TPSA) is 94.2 Å². The van der Waals surface area contributed by atoms with Crippen molar-refractivity contribution in [1.82, 2.24) is 15.5 Å². The molecule has 2 N–H and O–H groups in total. The second kappa shape index (κ2) is 10.5. The zero-order valence-electron chi connectivity index (χ0n) is 18.1. The first-order chi connectivity index (χ1) is 15.5. The zero-order chi connectivity index (χ0) is 24.3. The molecule has 0 aliphatic carbocycles. The van der Waals surface area contributed by atoms with Crippen molar-refractivity contribution < 1.29 is 23.5 Å². The number of carbonyl (C=O) groups is 3. The van der Waals surface area contributed by atoms with Crippen molar-refractivity contribution in [3.63, 3.8) is 0 Å². The van der Waals surface area contributed by atoms with E-state index >= 15 is 4.39 Å². The molecule has 182 valence electrons. The van der Waals surface area contributed by atoms with Gasteiger partial charge in [0.1, 0.15) is 12.3 Å². The Balaban J connectivity index is 1.62. The number of ether oxygens (including phenoxy) is 1. The summed E-state index contributed by atoms with van der Waals surface area (Å²) in [6, 6.07) is 7.07. The normalized spacial score (nSPS) is 22.7. The summed E-state index contributed by atoms with van der Waals surface area (Å²) in [7, 11) is 0. The molecule has 33 heavy (non-hydrogen) atoms. The van der Waals surface area contributed by atoms with Crippen LogP contribution in [0.15, 0.2) is 24.3 Å². The summed E-state index contributed by atoms with van der Waals surface area (Å²) in [4.78, 5) is 39.3. The molecule has 9 nitrogen and oxygen atoms in total. The number of rotatable bonds is 6. The van der Waals surface area contributed by atoms with Gasteiger partial charge in [-0.05, 0) is 24.3 Å². The van der Waals surface area contributed by atoms with Gasteiger partial charge in [0.25, 0.3) is 0 Å². The van der Waals surface area contributed by atoms with Gasteiger partial charge in [-0.3, -0.25) is 14.5 Å². The molecule has 2 unspecified atom stereocenters. The molecule has 3 atom stereocenters. The van der Waals surface area contributed by atoms with E-state index in [1.807, 2.05) is 4.90 Å². The Bertz CT molecular complexity index is 885. The number of alkyl halides is 4. The molecule has 0 bridgehead atoms. The Morgan fingerprint density at radius 3 is 2.30 bits per heavy atom. The molecule has 13 heteroatoms. The molecule has 1 aromatic rings. The highest BCUT2D eigenvalue weighted by Crippen LogP contribution is 2.35. The summed E-state index contributed by atoms with van der Waals surface area (Å²) in [6.45, 7) is 3.86. The Morgan fingerprint density at radius 1 is 1.12 bits per heavy atom. The highest BCUT2D eigenvalue weighted by Gasteiger charge is 2.43. The number of halogens is 4. The van der Waals surface area contributed by atoms with Crippen LogP contribution in [0, 0.1) is 0 Å². The predicted molar refractivity (Wildman–Crippen MR) is 124 cm³/mol. The lowest BCUT2D eigenvalue weighted by Crippen LogP contribution is -2.63. The summed E-state index contributed by atoms with van der Waals surface area (Å²) in [5, 5.41) is 5.13. The standard InChI is InChI=1S/C20H25Cl3FN5O4/c1-12(30)25-9-16-10-29(19(32)33-16)15-5-3-14(4-6-15)27-7-8-28(17(24)11-27)18(20(21,22)23)26-13(2)31/h3-6,16-18H,7-11H2,1-2H3,(H,25,30)(H,26,31)/t16?,17-,18?/m1/s1. The fraction of sp³-hybridized carbons (Fsp3) is 0.550. The number of hydrogen-bond acceptors (Lipinski definition) is 6. The molecule has 0 saturated carbocycles. The molecule has 2 aliphatic heterocycles. The minimum absolute atomic E-state index is 0.000718. The number of amides is 3. The number of cyclic esters (lactones) is 1. The molecule has 0 aromatic heterocycles. The van der Waals surface area contributed by atoms with Crippen LogP contribution in [0.4, 0.5) is 20.6 Å². The lowest BCUT2D eigenvalue weighted by atomic mass is 10.2. The molecular weight excluding hydrogens is 500 g/mol. The fourth-order valence-corrected chi connectivity index (χ4v) is 4.30. The van der Waals surface area contributed by atoms with Gasteiger partial charge in [-0.15, -0.1) is 0 Å². The minimum atomic E-state index is -1.90. The maximum Gasteiger partial charge on any atom is 0.414 e. The monoisotopic (exact) mass is 523 g/mol. The molecule has 2 heterocycles. The summed E-state index contributed by atoms with van der Waals surface area (Å²) in [5.74, 6) is -0.631. The van der Waals surface area contributed by atoms with Crippen molar-refractivity contribution in [1.29, 1.82) is 0 Å². The predicted octanol–water partition coefficient (Wildman–Crippen LogP) is 2.40.